The number of nitrogens with one attached hydrogen (secondary N) is 4. The van der Waals surface area contributed by atoms with E-state index in [9.17, 15) is 53.4 Å². The molecule has 0 unspecified atom stereocenters. The van der Waals surface area contributed by atoms with Gasteiger partial charge in [0.05, 0.1) is 25.4 Å². The van der Waals surface area contributed by atoms with Gasteiger partial charge in [-0.05, 0) is 146 Å². The smallest absolute Gasteiger partial charge is 0.306 e. The Morgan fingerprint density at radius 1 is 0.505 bits per heavy atom. The molecule has 4 aliphatic rings. The summed E-state index contributed by atoms with van der Waals surface area (Å²) in [4.78, 5) is 123. The molecule has 4 fully saturated rings. The predicted molar refractivity (Wildman–Crippen MR) is 353 cm³/mol. The van der Waals surface area contributed by atoms with Crippen LogP contribution in [0, 0.1) is 46.3 Å². The first-order valence-corrected chi connectivity index (χ1v) is 33.3. The number of carbonyl (C=O) groups excluding carboxylic acids is 9. The molecule has 8 rings (SSSR count). The maximum atomic E-state index is 15.0. The predicted octanol–water partition coefficient (Wildman–Crippen LogP) is 7.96. The molecule has 516 valence electrons. The number of rotatable bonds is 32. The Balaban J connectivity index is 0.0000128. The van der Waals surface area contributed by atoms with Crippen LogP contribution in [0.15, 0.2) is 121 Å². The van der Waals surface area contributed by atoms with Crippen molar-refractivity contribution in [2.24, 2.45) is 52.1 Å². The number of aliphatic hydroxyl groups is 2. The molecular weight excluding hydrogens is 1240 g/mol. The lowest BCUT2D eigenvalue weighted by molar-refractivity contribution is -0.202. The highest BCUT2D eigenvalue weighted by atomic mass is 35.5. The van der Waals surface area contributed by atoms with Crippen LogP contribution in [-0.2, 0) is 93.3 Å². The normalized spacial score (nSPS) is 24.8. The third-order valence-corrected chi connectivity index (χ3v) is 20.7. The van der Waals surface area contributed by atoms with Gasteiger partial charge in [0, 0.05) is 38.1 Å². The SMILES string of the molecule is COC(=O)CC[C@@H](C)[C@H]1CC[C@H]2[C@@H]3[C@H](O)C[C@@H]4C[C@@H](NC(=O)[C@H](CCC(=O)OCc5ccccc5)NC(=O)[C@H](CCC(=O)OCc5ccccc5)NC(=O)[C@H](CCC(=O)OCc5ccccc5)NC(=O)[C@@H](N)CCC(=O)OCc5ccccc5)CC[C@]4(C)[C@H]3C[C@H](O)[C@]12C.Cl. The number of ether oxygens (including phenoxy) is 5. The van der Waals surface area contributed by atoms with Crippen LogP contribution >= 0.6 is 12.4 Å². The van der Waals surface area contributed by atoms with Gasteiger partial charge in [0.1, 0.15) is 44.6 Å². The Labute approximate surface area is 563 Å². The third kappa shape index (κ3) is 20.6. The highest BCUT2D eigenvalue weighted by molar-refractivity contribution is 5.95. The number of nitrogens with two attached hydrogens (primary N) is 1. The van der Waals surface area contributed by atoms with Gasteiger partial charge in [0.2, 0.25) is 23.6 Å². The summed E-state index contributed by atoms with van der Waals surface area (Å²) in [5.41, 5.74) is 8.46. The van der Waals surface area contributed by atoms with Crippen LogP contribution in [0.3, 0.4) is 0 Å². The van der Waals surface area contributed by atoms with Crippen molar-refractivity contribution < 1.29 is 77.0 Å². The van der Waals surface area contributed by atoms with Crippen molar-refractivity contribution in [3.63, 3.8) is 0 Å². The maximum Gasteiger partial charge on any atom is 0.306 e. The first-order valence-electron chi connectivity index (χ1n) is 33.3. The first kappa shape index (κ1) is 74.7. The van der Waals surface area contributed by atoms with Crippen LogP contribution in [0.1, 0.15) is 152 Å². The standard InChI is InChI=1S/C73H95N5O16.ClH/c1-46(25-32-62(81)90-4)53-26-27-54-67-55(41-61(80)73(53,54)3)72(2)38-37-52(39-51(72)40-60(67)79)75-69(87)57(29-34-64(83)92-43-48-19-11-6-12-20-48)77-71(89)59(31-36-66(85)94-45-50-23-15-8-16-24-50)78-70(88)58(30-35-65(84)93-44-49-21-13-7-14-22-49)76-68(86)56(74)28-33-63(82)91-42-47-17-9-5-10-18-47;/h5-24,46,51-61,67,79-80H,25-45,74H2,1-4H3,(H,75,87)(H,76,86)(H,77,89)(H,78,88);1H/t46-,51+,52+,53-,54+,55+,56+,57+,58+,59+,60-,61+,67+,72+,73-;/m1./s1. The van der Waals surface area contributed by atoms with Crippen molar-refractivity contribution >= 4 is 65.9 Å². The van der Waals surface area contributed by atoms with Crippen molar-refractivity contribution in [2.75, 3.05) is 7.11 Å². The van der Waals surface area contributed by atoms with Gasteiger partial charge < -0.3 is 60.9 Å². The molecule has 95 heavy (non-hydrogen) atoms. The van der Waals surface area contributed by atoms with Gasteiger partial charge in [-0.15, -0.1) is 12.4 Å². The Bertz CT molecular complexity index is 3190. The second-order valence-electron chi connectivity index (χ2n) is 26.7. The lowest BCUT2D eigenvalue weighted by Gasteiger charge is -2.63. The second kappa shape index (κ2) is 35.9. The Morgan fingerprint density at radius 2 is 0.905 bits per heavy atom. The zero-order chi connectivity index (χ0) is 67.4. The van der Waals surface area contributed by atoms with E-state index >= 15 is 0 Å². The monoisotopic (exact) mass is 1330 g/mol. The molecule has 0 aromatic heterocycles. The Morgan fingerprint density at radius 3 is 1.34 bits per heavy atom. The van der Waals surface area contributed by atoms with E-state index in [4.69, 9.17) is 29.4 Å². The number of benzene rings is 4. The second-order valence-corrected chi connectivity index (χ2v) is 26.7. The number of fused-ring (bicyclic) bond motifs is 5. The molecule has 4 saturated carbocycles. The molecular formula is C73H96ClN5O16. The fourth-order valence-corrected chi connectivity index (χ4v) is 15.3. The van der Waals surface area contributed by atoms with Gasteiger partial charge in [0.25, 0.3) is 0 Å². The largest absolute Gasteiger partial charge is 0.469 e. The maximum absolute atomic E-state index is 15.0. The summed E-state index contributed by atoms with van der Waals surface area (Å²) in [5, 5.41) is 35.7. The molecule has 0 heterocycles. The van der Waals surface area contributed by atoms with Crippen molar-refractivity contribution in [1.82, 2.24) is 21.3 Å². The molecule has 0 saturated heterocycles. The highest BCUT2D eigenvalue weighted by Gasteiger charge is 2.66. The molecule has 0 bridgehead atoms. The molecule has 21 nitrogen and oxygen atoms in total. The zero-order valence-electron chi connectivity index (χ0n) is 55.0. The van der Waals surface area contributed by atoms with Crippen molar-refractivity contribution in [3.8, 4) is 0 Å². The van der Waals surface area contributed by atoms with E-state index in [2.05, 4.69) is 42.0 Å². The minimum absolute atomic E-state index is 0. The van der Waals surface area contributed by atoms with Crippen molar-refractivity contribution in [3.05, 3.63) is 144 Å². The average Bonchev–Trinajstić information content (AvgIpc) is 1.68. The van der Waals surface area contributed by atoms with E-state index in [-0.39, 0.29) is 131 Å². The van der Waals surface area contributed by atoms with Crippen LogP contribution in [-0.4, -0.2) is 113 Å². The minimum atomic E-state index is -1.59. The highest BCUT2D eigenvalue weighted by Crippen LogP contribution is 2.68. The summed E-state index contributed by atoms with van der Waals surface area (Å²) in [6, 6.07) is 29.5. The topological polar surface area (TPSA) is 314 Å². The van der Waals surface area contributed by atoms with E-state index in [1.165, 1.54) is 7.11 Å². The molecule has 15 atom stereocenters. The molecule has 0 spiro atoms. The number of esters is 5. The molecule has 4 amide bonds. The molecule has 0 aliphatic heterocycles. The number of halogens is 1. The number of aliphatic hydroxyl groups excluding tert-OH is 2. The number of hydrogen-bond donors (Lipinski definition) is 7. The summed E-state index contributed by atoms with van der Waals surface area (Å²) in [7, 11) is 1.39. The number of amides is 4. The Kier molecular flexibility index (Phi) is 28.2. The quantitative estimate of drug-likeness (QED) is 0.0180. The minimum Gasteiger partial charge on any atom is -0.469 e. The molecule has 4 aromatic rings. The number of methoxy groups -OCH3 is 1. The van der Waals surface area contributed by atoms with Gasteiger partial charge >= 0.3 is 29.8 Å². The fraction of sp³-hybridized carbons (Fsp3) is 0.548. The summed E-state index contributed by atoms with van der Waals surface area (Å²) >= 11 is 0. The molecule has 4 aromatic carbocycles. The van der Waals surface area contributed by atoms with Gasteiger partial charge in [-0.3, -0.25) is 43.2 Å². The summed E-state index contributed by atoms with van der Waals surface area (Å²) in [5.74, 6) is -6.02. The molecule has 4 aliphatic carbocycles. The molecule has 22 heteroatoms. The summed E-state index contributed by atoms with van der Waals surface area (Å²) in [6.07, 6.45) is 1.64. The van der Waals surface area contributed by atoms with Crippen molar-refractivity contribution in [2.45, 2.75) is 199 Å². The van der Waals surface area contributed by atoms with Gasteiger partial charge in [-0.25, -0.2) is 0 Å². The lowest BCUT2D eigenvalue weighted by Crippen LogP contribution is -2.63. The summed E-state index contributed by atoms with van der Waals surface area (Å²) in [6.45, 7) is 6.37. The third-order valence-electron chi connectivity index (χ3n) is 20.7. The van der Waals surface area contributed by atoms with E-state index in [0.717, 1.165) is 24.0 Å². The Hall–Kier alpha value is -7.72. The van der Waals surface area contributed by atoms with E-state index < -0.39 is 102 Å². The van der Waals surface area contributed by atoms with Crippen LogP contribution in [0.2, 0.25) is 0 Å². The average molecular weight is 1340 g/mol. The number of carbonyl (C=O) groups is 9. The van der Waals surface area contributed by atoms with E-state index in [1.807, 2.05) is 24.3 Å². The molecule has 8 N–H and O–H groups in total. The number of hydrogen-bond acceptors (Lipinski definition) is 17. The van der Waals surface area contributed by atoms with E-state index in [1.54, 1.807) is 97.1 Å². The van der Waals surface area contributed by atoms with Crippen LogP contribution in [0.25, 0.3) is 0 Å². The lowest BCUT2D eigenvalue weighted by atomic mass is 9.43. The van der Waals surface area contributed by atoms with Crippen LogP contribution < -0.4 is 27.0 Å². The van der Waals surface area contributed by atoms with E-state index in [0.29, 0.717) is 56.1 Å². The van der Waals surface area contributed by atoms with Crippen LogP contribution in [0.4, 0.5) is 0 Å². The zero-order valence-corrected chi connectivity index (χ0v) is 55.8. The van der Waals surface area contributed by atoms with Gasteiger partial charge in [0.15, 0.2) is 0 Å². The van der Waals surface area contributed by atoms with Crippen molar-refractivity contribution in [1.29, 1.82) is 0 Å². The first-order chi connectivity index (χ1) is 45.1. The fourth-order valence-electron chi connectivity index (χ4n) is 15.3. The summed E-state index contributed by atoms with van der Waals surface area (Å²) < 4.78 is 27.0. The van der Waals surface area contributed by atoms with Crippen LogP contribution in [0.5, 0.6) is 0 Å². The van der Waals surface area contributed by atoms with Gasteiger partial charge in [-0.1, -0.05) is 142 Å². The van der Waals surface area contributed by atoms with Gasteiger partial charge in [-0.2, -0.15) is 0 Å². The molecule has 0 radical (unpaired) electrons.